The summed E-state index contributed by atoms with van der Waals surface area (Å²) in [6, 6.07) is 10.8. The molecule has 0 unspecified atom stereocenters. The number of hydrogen-bond acceptors (Lipinski definition) is 6. The average Bonchev–Trinajstić information content (AvgIpc) is 2.95. The van der Waals surface area contributed by atoms with Crippen LogP contribution < -0.4 is 9.47 Å². The molecule has 1 heterocycles. The van der Waals surface area contributed by atoms with Crippen molar-refractivity contribution in [3.05, 3.63) is 61.0 Å². The number of amides is 2. The minimum Gasteiger partial charge on any atom is -0.493 e. The van der Waals surface area contributed by atoms with Crippen molar-refractivity contribution >= 4 is 69.1 Å². The van der Waals surface area contributed by atoms with Gasteiger partial charge in [0.15, 0.2) is 11.5 Å². The number of thioether (sulfide) groups is 1. The largest absolute Gasteiger partial charge is 0.493 e. The van der Waals surface area contributed by atoms with Crippen molar-refractivity contribution < 1.29 is 29.0 Å². The lowest BCUT2D eigenvalue weighted by molar-refractivity contribution is -0.140. The van der Waals surface area contributed by atoms with Crippen LogP contribution in [0.25, 0.3) is 6.08 Å². The number of benzene rings is 2. The molecule has 0 bridgehead atoms. The summed E-state index contributed by atoms with van der Waals surface area (Å²) in [5, 5.41) is 8.88. The van der Waals surface area contributed by atoms with E-state index < -0.39 is 23.7 Å². The Bertz CT molecular complexity index is 1040. The van der Waals surface area contributed by atoms with Crippen LogP contribution in [0.2, 0.25) is 5.02 Å². The van der Waals surface area contributed by atoms with Gasteiger partial charge in [0, 0.05) is 5.02 Å². The Balaban J connectivity index is 1.82. The highest BCUT2D eigenvalue weighted by molar-refractivity contribution is 14.1. The normalized spacial score (nSPS) is 15.0. The second-order valence-corrected chi connectivity index (χ2v) is 8.70. The van der Waals surface area contributed by atoms with Crippen LogP contribution in [0.4, 0.5) is 4.79 Å². The Morgan fingerprint density at radius 3 is 2.60 bits per heavy atom. The van der Waals surface area contributed by atoms with Gasteiger partial charge in [0.05, 0.1) is 15.6 Å². The quantitative estimate of drug-likeness (QED) is 0.390. The van der Waals surface area contributed by atoms with E-state index in [9.17, 15) is 14.4 Å². The van der Waals surface area contributed by atoms with Gasteiger partial charge in [-0.25, -0.2) is 0 Å². The molecule has 0 aliphatic carbocycles. The summed E-state index contributed by atoms with van der Waals surface area (Å²) in [7, 11) is 1.51. The molecule has 2 aromatic rings. The molecule has 0 atom stereocenters. The molecule has 156 valence electrons. The third-order valence-electron chi connectivity index (χ3n) is 4.01. The molecule has 10 heteroatoms. The molecule has 30 heavy (non-hydrogen) atoms. The van der Waals surface area contributed by atoms with Crippen molar-refractivity contribution in [3.63, 3.8) is 0 Å². The standard InChI is InChI=1S/C20H15ClINO6S/c1-28-15-7-12(8-16-19(26)23(9-17(24)25)20(27)30-16)6-14(22)18(15)29-10-11-2-4-13(21)5-3-11/h2-8H,9-10H2,1H3,(H,24,25)/b16-8-. The molecule has 1 N–H and O–H groups in total. The number of rotatable bonds is 7. The van der Waals surface area contributed by atoms with E-state index in [0.29, 0.717) is 45.4 Å². The Morgan fingerprint density at radius 1 is 1.27 bits per heavy atom. The van der Waals surface area contributed by atoms with Crippen LogP contribution in [-0.2, 0) is 16.2 Å². The average molecular weight is 560 g/mol. The van der Waals surface area contributed by atoms with Gasteiger partial charge in [-0.2, -0.15) is 0 Å². The summed E-state index contributed by atoms with van der Waals surface area (Å²) < 4.78 is 12.1. The van der Waals surface area contributed by atoms with Gasteiger partial charge in [0.2, 0.25) is 0 Å². The molecular weight excluding hydrogens is 545 g/mol. The number of carbonyl (C=O) groups is 3. The van der Waals surface area contributed by atoms with Crippen molar-refractivity contribution in [2.75, 3.05) is 13.7 Å². The van der Waals surface area contributed by atoms with E-state index in [0.717, 1.165) is 9.13 Å². The first-order valence-corrected chi connectivity index (χ1v) is 10.8. The van der Waals surface area contributed by atoms with Gasteiger partial charge in [-0.1, -0.05) is 23.7 Å². The minimum atomic E-state index is -1.25. The summed E-state index contributed by atoms with van der Waals surface area (Å²) >= 11 is 8.69. The number of nitrogens with zero attached hydrogens (tertiary/aromatic N) is 1. The molecule has 2 aromatic carbocycles. The van der Waals surface area contributed by atoms with E-state index >= 15 is 0 Å². The monoisotopic (exact) mass is 559 g/mol. The fraction of sp³-hybridized carbons (Fsp3) is 0.150. The summed E-state index contributed by atoms with van der Waals surface area (Å²) in [4.78, 5) is 35.9. The van der Waals surface area contributed by atoms with Gasteiger partial charge >= 0.3 is 5.97 Å². The highest BCUT2D eigenvalue weighted by Gasteiger charge is 2.36. The Labute approximate surface area is 195 Å². The zero-order chi connectivity index (χ0) is 21.8. The van der Waals surface area contributed by atoms with Gasteiger partial charge in [-0.3, -0.25) is 19.3 Å². The smallest absolute Gasteiger partial charge is 0.323 e. The number of halogens is 2. The summed E-state index contributed by atoms with van der Waals surface area (Å²) in [5.41, 5.74) is 1.56. The summed E-state index contributed by atoms with van der Waals surface area (Å²) in [5.74, 6) is -0.877. The molecule has 7 nitrogen and oxygen atoms in total. The number of imide groups is 1. The number of carbonyl (C=O) groups excluding carboxylic acids is 2. The molecule has 1 aliphatic heterocycles. The van der Waals surface area contributed by atoms with E-state index in [1.807, 2.05) is 12.1 Å². The van der Waals surface area contributed by atoms with Crippen molar-refractivity contribution in [2.24, 2.45) is 0 Å². The fourth-order valence-electron chi connectivity index (χ4n) is 2.62. The van der Waals surface area contributed by atoms with Crippen molar-refractivity contribution in [3.8, 4) is 11.5 Å². The second kappa shape index (κ2) is 9.71. The Kier molecular flexibility index (Phi) is 7.27. The molecular formula is C20H15ClINO6S. The van der Waals surface area contributed by atoms with Crippen LogP contribution in [0.5, 0.6) is 11.5 Å². The van der Waals surface area contributed by atoms with Crippen LogP contribution in [0.3, 0.4) is 0 Å². The number of carboxylic acids is 1. The van der Waals surface area contributed by atoms with Gasteiger partial charge in [0.25, 0.3) is 11.1 Å². The number of ether oxygens (including phenoxy) is 2. The van der Waals surface area contributed by atoms with Crippen LogP contribution in [0, 0.1) is 3.57 Å². The predicted molar refractivity (Wildman–Crippen MR) is 122 cm³/mol. The number of hydrogen-bond donors (Lipinski definition) is 1. The summed E-state index contributed by atoms with van der Waals surface area (Å²) in [6.07, 6.45) is 1.53. The molecule has 0 spiro atoms. The van der Waals surface area contributed by atoms with Crippen LogP contribution >= 0.6 is 46.0 Å². The maximum Gasteiger partial charge on any atom is 0.323 e. The molecule has 0 aromatic heterocycles. The topological polar surface area (TPSA) is 93.1 Å². The molecule has 1 aliphatic rings. The first-order valence-electron chi connectivity index (χ1n) is 8.50. The highest BCUT2D eigenvalue weighted by atomic mass is 127. The lowest BCUT2D eigenvalue weighted by Gasteiger charge is -2.14. The van der Waals surface area contributed by atoms with Gasteiger partial charge in [0.1, 0.15) is 13.2 Å². The van der Waals surface area contributed by atoms with Crippen molar-refractivity contribution in [2.45, 2.75) is 6.61 Å². The van der Waals surface area contributed by atoms with Gasteiger partial charge < -0.3 is 14.6 Å². The van der Waals surface area contributed by atoms with E-state index in [1.165, 1.54) is 13.2 Å². The number of aliphatic carboxylic acids is 1. The molecule has 1 saturated heterocycles. The van der Waals surface area contributed by atoms with E-state index in [1.54, 1.807) is 24.3 Å². The fourth-order valence-corrected chi connectivity index (χ4v) is 4.37. The molecule has 0 saturated carbocycles. The number of carboxylic acid groups (broad SMARTS) is 1. The van der Waals surface area contributed by atoms with E-state index in [4.69, 9.17) is 26.2 Å². The zero-order valence-corrected chi connectivity index (χ0v) is 19.3. The van der Waals surface area contributed by atoms with Crippen molar-refractivity contribution in [1.82, 2.24) is 4.90 Å². The molecule has 3 rings (SSSR count). The Morgan fingerprint density at radius 2 is 1.97 bits per heavy atom. The number of methoxy groups -OCH3 is 1. The third kappa shape index (κ3) is 5.27. The lowest BCUT2D eigenvalue weighted by atomic mass is 10.1. The van der Waals surface area contributed by atoms with Crippen LogP contribution in [-0.4, -0.2) is 40.8 Å². The molecule has 1 fully saturated rings. The van der Waals surface area contributed by atoms with Crippen molar-refractivity contribution in [1.29, 1.82) is 0 Å². The first-order chi connectivity index (χ1) is 14.3. The van der Waals surface area contributed by atoms with E-state index in [2.05, 4.69) is 22.6 Å². The maximum atomic E-state index is 12.3. The highest BCUT2D eigenvalue weighted by Crippen LogP contribution is 2.37. The first kappa shape index (κ1) is 22.4. The predicted octanol–water partition coefficient (Wildman–Crippen LogP) is 4.65. The van der Waals surface area contributed by atoms with Gasteiger partial charge in [-0.05, 0) is 75.8 Å². The van der Waals surface area contributed by atoms with Crippen LogP contribution in [0.15, 0.2) is 41.3 Å². The lowest BCUT2D eigenvalue weighted by Crippen LogP contribution is -2.33. The molecule has 0 radical (unpaired) electrons. The SMILES string of the molecule is COc1cc(/C=C2\SC(=O)N(CC(=O)O)C2=O)cc(I)c1OCc1ccc(Cl)cc1. The summed E-state index contributed by atoms with van der Waals surface area (Å²) in [6.45, 7) is -0.350. The van der Waals surface area contributed by atoms with Crippen LogP contribution in [0.1, 0.15) is 11.1 Å². The van der Waals surface area contributed by atoms with Gasteiger partial charge in [-0.15, -0.1) is 0 Å². The van der Waals surface area contributed by atoms with E-state index in [-0.39, 0.29) is 4.91 Å². The minimum absolute atomic E-state index is 0.147. The zero-order valence-electron chi connectivity index (χ0n) is 15.6. The second-order valence-electron chi connectivity index (χ2n) is 6.11. The molecule has 2 amide bonds. The maximum absolute atomic E-state index is 12.3. The third-order valence-corrected chi connectivity index (χ3v) is 5.97. The Hall–Kier alpha value is -2.24.